The number of anilines is 1. The van der Waals surface area contributed by atoms with Crippen LogP contribution in [-0.2, 0) is 14.8 Å². The molecule has 0 aliphatic heterocycles. The summed E-state index contributed by atoms with van der Waals surface area (Å²) in [5, 5.41) is 17.7. The summed E-state index contributed by atoms with van der Waals surface area (Å²) in [6.07, 6.45) is -0.445. The van der Waals surface area contributed by atoms with Crippen molar-refractivity contribution in [1.82, 2.24) is 10.1 Å². The van der Waals surface area contributed by atoms with E-state index < -0.39 is 22.1 Å². The molecule has 0 aromatic heterocycles. The number of benzene rings is 1. The molecule has 0 saturated heterocycles. The van der Waals surface area contributed by atoms with Crippen LogP contribution in [0.1, 0.15) is 20.8 Å². The van der Waals surface area contributed by atoms with Gasteiger partial charge in [-0.3, -0.25) is 0 Å². The third-order valence-corrected chi connectivity index (χ3v) is 3.26. The van der Waals surface area contributed by atoms with E-state index in [9.17, 15) is 13.2 Å². The topological polar surface area (TPSA) is 119 Å². The number of para-hydroxylation sites is 1. The fourth-order valence-electron chi connectivity index (χ4n) is 1.54. The number of carbonyl (C=O) groups is 1. The Hall–Kier alpha value is -1.68. The van der Waals surface area contributed by atoms with Crippen LogP contribution in [0.5, 0.6) is 0 Å². The first-order chi connectivity index (χ1) is 10.6. The minimum Gasteiger partial charge on any atom is -0.479 e. The summed E-state index contributed by atoms with van der Waals surface area (Å²) in [7, 11) is -3.20. The molecule has 0 radical (unpaired) electrons. The standard InChI is InChI=1S/C11H19N3O2S.C3H6O3/c1-4-14(11-8-6-5-7-9-11)12-10(2)13-17(3,15)16;1-2(4)3(5)6/h5-10,12-13H,4H2,1-3H3;2,4H,1H3,(H,5,6). The van der Waals surface area contributed by atoms with Crippen LogP contribution < -0.4 is 15.2 Å². The van der Waals surface area contributed by atoms with Crippen molar-refractivity contribution in [3.05, 3.63) is 30.3 Å². The predicted molar refractivity (Wildman–Crippen MR) is 89.4 cm³/mol. The van der Waals surface area contributed by atoms with E-state index >= 15 is 0 Å². The zero-order valence-corrected chi connectivity index (χ0v) is 14.5. The van der Waals surface area contributed by atoms with Crippen LogP contribution in [0.3, 0.4) is 0 Å². The van der Waals surface area contributed by atoms with Gasteiger partial charge in [-0.25, -0.2) is 18.6 Å². The fourth-order valence-corrected chi connectivity index (χ4v) is 2.23. The van der Waals surface area contributed by atoms with E-state index in [0.717, 1.165) is 18.5 Å². The van der Waals surface area contributed by atoms with E-state index in [1.807, 2.05) is 42.3 Å². The number of aliphatic carboxylic acids is 1. The largest absolute Gasteiger partial charge is 0.479 e. The molecule has 0 bridgehead atoms. The lowest BCUT2D eigenvalue weighted by Gasteiger charge is -2.27. The van der Waals surface area contributed by atoms with Gasteiger partial charge in [0.05, 0.1) is 18.1 Å². The first kappa shape index (κ1) is 21.3. The second-order valence-electron chi connectivity index (χ2n) is 4.83. The van der Waals surface area contributed by atoms with Gasteiger partial charge < -0.3 is 15.2 Å². The molecule has 0 heterocycles. The summed E-state index contributed by atoms with van der Waals surface area (Å²) in [6.45, 7) is 5.68. The normalized spacial score (nSPS) is 13.4. The molecule has 1 rings (SSSR count). The number of carboxylic acid groups (broad SMARTS) is 1. The maximum atomic E-state index is 11.1. The van der Waals surface area contributed by atoms with E-state index in [0.29, 0.717) is 0 Å². The molecule has 23 heavy (non-hydrogen) atoms. The molecule has 0 spiro atoms. The van der Waals surface area contributed by atoms with Crippen molar-refractivity contribution in [3.63, 3.8) is 0 Å². The third kappa shape index (κ3) is 10.6. The summed E-state index contributed by atoms with van der Waals surface area (Å²) in [5.74, 6) is -1.19. The van der Waals surface area contributed by atoms with E-state index in [1.54, 1.807) is 6.92 Å². The zero-order valence-electron chi connectivity index (χ0n) is 13.7. The van der Waals surface area contributed by atoms with Crippen molar-refractivity contribution < 1.29 is 23.4 Å². The van der Waals surface area contributed by atoms with Gasteiger partial charge in [0, 0.05) is 6.54 Å². The summed E-state index contributed by atoms with van der Waals surface area (Å²) in [5.41, 5.74) is 4.08. The fraction of sp³-hybridized carbons (Fsp3) is 0.500. The van der Waals surface area contributed by atoms with E-state index in [4.69, 9.17) is 10.2 Å². The second kappa shape index (κ2) is 10.2. The minimum atomic E-state index is -3.20. The summed E-state index contributed by atoms with van der Waals surface area (Å²) in [4.78, 5) is 9.45. The van der Waals surface area contributed by atoms with Crippen LogP contribution in [0.25, 0.3) is 0 Å². The molecule has 9 heteroatoms. The van der Waals surface area contributed by atoms with Gasteiger partial charge in [-0.1, -0.05) is 18.2 Å². The molecule has 0 saturated carbocycles. The first-order valence-corrected chi connectivity index (χ1v) is 8.93. The Bertz CT molecular complexity index is 563. The maximum absolute atomic E-state index is 11.1. The molecule has 2 atom stereocenters. The van der Waals surface area contributed by atoms with Gasteiger partial charge in [0.1, 0.15) is 6.10 Å². The molecule has 1 aromatic carbocycles. The number of hydrogen-bond acceptors (Lipinski definition) is 6. The Labute approximate surface area is 137 Å². The average molecular weight is 347 g/mol. The van der Waals surface area contributed by atoms with Crippen LogP contribution >= 0.6 is 0 Å². The number of aliphatic hydroxyl groups excluding tert-OH is 1. The summed E-state index contributed by atoms with van der Waals surface area (Å²) in [6, 6.07) is 9.74. The Morgan fingerprint density at radius 3 is 2.09 bits per heavy atom. The highest BCUT2D eigenvalue weighted by molar-refractivity contribution is 7.88. The lowest BCUT2D eigenvalue weighted by Crippen LogP contribution is -2.51. The maximum Gasteiger partial charge on any atom is 0.332 e. The molecular weight excluding hydrogens is 322 g/mol. The quantitative estimate of drug-likeness (QED) is 0.415. The third-order valence-electron chi connectivity index (χ3n) is 2.48. The molecule has 0 fully saturated rings. The van der Waals surface area contributed by atoms with Crippen LogP contribution in [0.4, 0.5) is 5.69 Å². The number of nitrogens with zero attached hydrogens (tertiary/aromatic N) is 1. The molecular formula is C14H25N3O5S. The number of carboxylic acids is 1. The Morgan fingerprint density at radius 1 is 1.26 bits per heavy atom. The van der Waals surface area contributed by atoms with Crippen molar-refractivity contribution >= 4 is 21.7 Å². The Balaban J connectivity index is 0.000000688. The van der Waals surface area contributed by atoms with E-state index in [2.05, 4.69) is 10.1 Å². The van der Waals surface area contributed by atoms with Crippen molar-refractivity contribution in [3.8, 4) is 0 Å². The van der Waals surface area contributed by atoms with Gasteiger partial charge in [0.15, 0.2) is 0 Å². The van der Waals surface area contributed by atoms with Crippen molar-refractivity contribution in [2.45, 2.75) is 33.0 Å². The average Bonchev–Trinajstić information content (AvgIpc) is 2.44. The van der Waals surface area contributed by atoms with Gasteiger partial charge >= 0.3 is 5.97 Å². The highest BCUT2D eigenvalue weighted by atomic mass is 32.2. The number of nitrogens with one attached hydrogen (secondary N) is 2. The van der Waals surface area contributed by atoms with Gasteiger partial charge in [-0.05, 0) is 32.9 Å². The Morgan fingerprint density at radius 2 is 1.74 bits per heavy atom. The van der Waals surface area contributed by atoms with Crippen LogP contribution in [0, 0.1) is 0 Å². The smallest absolute Gasteiger partial charge is 0.332 e. The lowest BCUT2D eigenvalue weighted by atomic mass is 10.3. The van der Waals surface area contributed by atoms with E-state index in [1.165, 1.54) is 6.92 Å². The van der Waals surface area contributed by atoms with Gasteiger partial charge in [0.2, 0.25) is 10.0 Å². The first-order valence-electron chi connectivity index (χ1n) is 7.03. The molecule has 4 N–H and O–H groups in total. The highest BCUT2D eigenvalue weighted by Crippen LogP contribution is 2.10. The van der Waals surface area contributed by atoms with Crippen LogP contribution in [-0.4, -0.2) is 49.7 Å². The lowest BCUT2D eigenvalue weighted by molar-refractivity contribution is -0.145. The van der Waals surface area contributed by atoms with E-state index in [-0.39, 0.29) is 6.17 Å². The molecule has 132 valence electrons. The molecule has 8 nitrogen and oxygen atoms in total. The highest BCUT2D eigenvalue weighted by Gasteiger charge is 2.11. The predicted octanol–water partition coefficient (Wildman–Crippen LogP) is 0.365. The number of hydrazine groups is 1. The van der Waals surface area contributed by atoms with Crippen molar-refractivity contribution in [1.29, 1.82) is 0 Å². The summed E-state index contributed by atoms with van der Waals surface area (Å²) >= 11 is 0. The molecule has 0 aliphatic carbocycles. The number of sulfonamides is 1. The minimum absolute atomic E-state index is 0.356. The van der Waals surface area contributed by atoms with Crippen LogP contribution in [0.2, 0.25) is 0 Å². The SMILES string of the molecule is CC(O)C(=O)O.CCN(NC(C)NS(C)(=O)=O)c1ccccc1. The monoisotopic (exact) mass is 347 g/mol. The number of aliphatic hydroxyl groups is 1. The molecule has 2 unspecified atom stereocenters. The summed E-state index contributed by atoms with van der Waals surface area (Å²) < 4.78 is 24.6. The molecule has 0 aliphatic rings. The van der Waals surface area contributed by atoms with Gasteiger partial charge in [-0.2, -0.15) is 4.72 Å². The van der Waals surface area contributed by atoms with Crippen LogP contribution in [0.15, 0.2) is 30.3 Å². The zero-order chi connectivity index (χ0) is 18.0. The number of rotatable bonds is 7. The van der Waals surface area contributed by atoms with Gasteiger partial charge in [0.25, 0.3) is 0 Å². The molecule has 0 amide bonds. The Kier molecular flexibility index (Phi) is 9.42. The number of hydrogen-bond donors (Lipinski definition) is 4. The van der Waals surface area contributed by atoms with Gasteiger partial charge in [-0.15, -0.1) is 0 Å². The van der Waals surface area contributed by atoms with Crippen molar-refractivity contribution in [2.24, 2.45) is 0 Å². The second-order valence-corrected chi connectivity index (χ2v) is 6.61. The molecule has 1 aromatic rings. The van der Waals surface area contributed by atoms with Crippen molar-refractivity contribution in [2.75, 3.05) is 17.8 Å².